The smallest absolute Gasteiger partial charge is 0.235 e. The second-order valence-electron chi connectivity index (χ2n) is 8.48. The van der Waals surface area contributed by atoms with Gasteiger partial charge in [0.25, 0.3) is 0 Å². The molecule has 0 heterocycles. The number of fused-ring (bicyclic) bond motifs is 1. The number of hydrogen-bond donors (Lipinski definition) is 1. The fourth-order valence-electron chi connectivity index (χ4n) is 4.97. The fourth-order valence-corrected chi connectivity index (χ4v) is 4.97. The summed E-state index contributed by atoms with van der Waals surface area (Å²) in [6.07, 6.45) is 11.5. The van der Waals surface area contributed by atoms with E-state index >= 15 is 0 Å². The summed E-state index contributed by atoms with van der Waals surface area (Å²) in [4.78, 5) is 13.9. The lowest BCUT2D eigenvalue weighted by atomic mass is 9.72. The zero-order valence-electron chi connectivity index (χ0n) is 19.4. The van der Waals surface area contributed by atoms with Gasteiger partial charge >= 0.3 is 0 Å². The van der Waals surface area contributed by atoms with Gasteiger partial charge in [0.15, 0.2) is 0 Å². The van der Waals surface area contributed by atoms with Crippen molar-refractivity contribution < 1.29 is 4.79 Å². The molecule has 0 saturated heterocycles. The monoisotopic (exact) mass is 415 g/mol. The highest BCUT2D eigenvalue weighted by Gasteiger charge is 2.50. The first-order chi connectivity index (χ1) is 15.2. The molecule has 0 aromatic heterocycles. The number of hydrogen-bond acceptors (Lipinski definition) is 1. The van der Waals surface area contributed by atoms with Crippen molar-refractivity contribution in [3.05, 3.63) is 89.0 Å². The molecular formula is C29H37NO. The molecule has 0 spiro atoms. The van der Waals surface area contributed by atoms with Crippen molar-refractivity contribution >= 4 is 11.5 Å². The third kappa shape index (κ3) is 4.84. The summed E-state index contributed by atoms with van der Waals surface area (Å²) in [7, 11) is 0. The number of rotatable bonds is 10. The highest BCUT2D eigenvalue weighted by Crippen LogP contribution is 2.52. The maximum atomic E-state index is 13.9. The van der Waals surface area contributed by atoms with Crippen LogP contribution in [0.4, 0.5) is 0 Å². The van der Waals surface area contributed by atoms with Gasteiger partial charge < -0.3 is 5.32 Å². The lowest BCUT2D eigenvalue weighted by Gasteiger charge is -2.31. The standard InChI is InChI=1S/C29H37NO/c1-4-7-13-22-30-28(31)29(21-14-18-23-16-9-8-10-17-23)26(15-5-2)24(6-3)25-19-11-12-20-27(25)29/h6,8-12,15-17,19-20H,4-5,7,13-14,18,21-22H2,1-3H3,(H,30,31)/b24-6-,26-15+. The van der Waals surface area contributed by atoms with Gasteiger partial charge in [-0.05, 0) is 66.9 Å². The van der Waals surface area contributed by atoms with Crippen molar-refractivity contribution in [2.45, 2.75) is 71.1 Å². The molecule has 0 bridgehead atoms. The van der Waals surface area contributed by atoms with Crippen LogP contribution in [0.5, 0.6) is 0 Å². The van der Waals surface area contributed by atoms with Crippen LogP contribution >= 0.6 is 0 Å². The zero-order valence-corrected chi connectivity index (χ0v) is 19.4. The van der Waals surface area contributed by atoms with E-state index in [0.717, 1.165) is 51.5 Å². The first-order valence-electron chi connectivity index (χ1n) is 12.0. The van der Waals surface area contributed by atoms with E-state index in [2.05, 4.69) is 92.8 Å². The molecule has 2 nitrogen and oxygen atoms in total. The number of carbonyl (C=O) groups excluding carboxylic acids is 1. The minimum atomic E-state index is -0.602. The van der Waals surface area contributed by atoms with Crippen molar-refractivity contribution in [3.8, 4) is 0 Å². The number of nitrogens with one attached hydrogen (secondary N) is 1. The molecule has 1 unspecified atom stereocenters. The van der Waals surface area contributed by atoms with Gasteiger partial charge in [-0.3, -0.25) is 4.79 Å². The summed E-state index contributed by atoms with van der Waals surface area (Å²) in [5, 5.41) is 3.32. The largest absolute Gasteiger partial charge is 0.355 e. The molecule has 1 N–H and O–H groups in total. The Labute approximate surface area is 188 Å². The van der Waals surface area contributed by atoms with Gasteiger partial charge in [-0.25, -0.2) is 0 Å². The Balaban J connectivity index is 1.98. The number of unbranched alkanes of at least 4 members (excludes halogenated alkanes) is 2. The molecular weight excluding hydrogens is 378 g/mol. The first-order valence-corrected chi connectivity index (χ1v) is 12.0. The van der Waals surface area contributed by atoms with Crippen LogP contribution in [0.1, 0.15) is 76.0 Å². The Bertz CT molecular complexity index is 925. The summed E-state index contributed by atoms with van der Waals surface area (Å²) in [5.41, 5.74) is 5.53. The summed E-state index contributed by atoms with van der Waals surface area (Å²) in [5.74, 6) is 0.167. The molecule has 2 aromatic rings. The van der Waals surface area contributed by atoms with E-state index < -0.39 is 5.41 Å². The molecule has 0 radical (unpaired) electrons. The van der Waals surface area contributed by atoms with Crippen LogP contribution < -0.4 is 5.32 Å². The van der Waals surface area contributed by atoms with Crippen LogP contribution in [-0.4, -0.2) is 12.5 Å². The van der Waals surface area contributed by atoms with E-state index in [1.165, 1.54) is 27.8 Å². The lowest BCUT2D eigenvalue weighted by Crippen LogP contribution is -2.44. The Hall–Kier alpha value is -2.61. The van der Waals surface area contributed by atoms with Gasteiger partial charge in [0.1, 0.15) is 0 Å². The third-order valence-corrected chi connectivity index (χ3v) is 6.44. The molecule has 1 aliphatic carbocycles. The van der Waals surface area contributed by atoms with Crippen LogP contribution in [0.2, 0.25) is 0 Å². The fraction of sp³-hybridized carbons (Fsp3) is 0.414. The van der Waals surface area contributed by atoms with Crippen molar-refractivity contribution in [3.63, 3.8) is 0 Å². The van der Waals surface area contributed by atoms with Gasteiger partial charge in [-0.1, -0.05) is 93.4 Å². The van der Waals surface area contributed by atoms with Crippen LogP contribution in [0.3, 0.4) is 0 Å². The summed E-state index contributed by atoms with van der Waals surface area (Å²) in [6, 6.07) is 19.1. The maximum absolute atomic E-state index is 13.9. The topological polar surface area (TPSA) is 29.1 Å². The predicted octanol–water partition coefficient (Wildman–Crippen LogP) is 7.01. The zero-order chi connectivity index (χ0) is 22.1. The highest BCUT2D eigenvalue weighted by molar-refractivity contribution is 6.04. The average Bonchev–Trinajstić information content (AvgIpc) is 3.07. The number of carbonyl (C=O) groups is 1. The Morgan fingerprint density at radius 1 is 0.968 bits per heavy atom. The van der Waals surface area contributed by atoms with Gasteiger partial charge in [-0.2, -0.15) is 0 Å². The van der Waals surface area contributed by atoms with Crippen molar-refractivity contribution in [1.29, 1.82) is 0 Å². The second kappa shape index (κ2) is 11.1. The summed E-state index contributed by atoms with van der Waals surface area (Å²) in [6.45, 7) is 7.20. The number of benzene rings is 2. The molecule has 2 aromatic carbocycles. The van der Waals surface area contributed by atoms with Crippen molar-refractivity contribution in [2.24, 2.45) is 0 Å². The quantitative estimate of drug-likeness (QED) is 0.416. The Kier molecular flexibility index (Phi) is 8.28. The molecule has 0 aliphatic heterocycles. The molecule has 31 heavy (non-hydrogen) atoms. The van der Waals surface area contributed by atoms with Gasteiger partial charge in [0.05, 0.1) is 5.41 Å². The van der Waals surface area contributed by atoms with Crippen molar-refractivity contribution in [2.75, 3.05) is 6.54 Å². The molecule has 1 amide bonds. The number of amides is 1. The van der Waals surface area contributed by atoms with E-state index in [9.17, 15) is 4.79 Å². The van der Waals surface area contributed by atoms with E-state index in [-0.39, 0.29) is 5.91 Å². The summed E-state index contributed by atoms with van der Waals surface area (Å²) < 4.78 is 0. The van der Waals surface area contributed by atoms with Gasteiger partial charge in [0.2, 0.25) is 5.91 Å². The van der Waals surface area contributed by atoms with Gasteiger partial charge in [0, 0.05) is 6.54 Å². The average molecular weight is 416 g/mol. The number of aryl methyl sites for hydroxylation is 1. The molecule has 1 atom stereocenters. The summed E-state index contributed by atoms with van der Waals surface area (Å²) >= 11 is 0. The lowest BCUT2D eigenvalue weighted by molar-refractivity contribution is -0.125. The van der Waals surface area contributed by atoms with Crippen LogP contribution in [0.25, 0.3) is 5.57 Å². The van der Waals surface area contributed by atoms with E-state index in [0.29, 0.717) is 0 Å². The Morgan fingerprint density at radius 2 is 1.71 bits per heavy atom. The third-order valence-electron chi connectivity index (χ3n) is 6.44. The first kappa shape index (κ1) is 23.1. The van der Waals surface area contributed by atoms with Crippen molar-refractivity contribution in [1.82, 2.24) is 5.32 Å². The van der Waals surface area contributed by atoms with Crippen LogP contribution in [0, 0.1) is 0 Å². The molecule has 3 rings (SSSR count). The minimum Gasteiger partial charge on any atom is -0.355 e. The Morgan fingerprint density at radius 3 is 2.42 bits per heavy atom. The minimum absolute atomic E-state index is 0.167. The highest BCUT2D eigenvalue weighted by atomic mass is 16.2. The van der Waals surface area contributed by atoms with Gasteiger partial charge in [-0.15, -0.1) is 0 Å². The van der Waals surface area contributed by atoms with Crippen LogP contribution in [0.15, 0.2) is 72.3 Å². The normalized spacial score (nSPS) is 20.2. The van der Waals surface area contributed by atoms with E-state index in [1.54, 1.807) is 0 Å². The molecule has 164 valence electrons. The second-order valence-corrected chi connectivity index (χ2v) is 8.48. The molecule has 2 heteroatoms. The number of allylic oxidation sites excluding steroid dienone is 3. The SMILES string of the molecule is C/C=C1\C(=C/CC)C(CCCc2ccccc2)(C(=O)NCCCCC)c2ccccc21. The molecule has 1 aliphatic rings. The molecule has 0 fully saturated rings. The van der Waals surface area contributed by atoms with E-state index in [1.807, 2.05) is 0 Å². The van der Waals surface area contributed by atoms with E-state index in [4.69, 9.17) is 0 Å². The molecule has 0 saturated carbocycles. The maximum Gasteiger partial charge on any atom is 0.235 e. The van der Waals surface area contributed by atoms with Crippen LogP contribution in [-0.2, 0) is 16.6 Å². The predicted molar refractivity (Wildman–Crippen MR) is 132 cm³/mol.